The molecule has 2 aromatic carbocycles. The van der Waals surface area contributed by atoms with Crippen LogP contribution < -0.4 is 9.64 Å². The standard InChI is InChI=1S/C32H35F3N2O6S/c1-19-14-22(42-18-23-16-24(20-10-8-7-9-11-20)28(44-23)32(33,34)35)15-21-12-13-37(27(19)21)26(38)17-25(29(39)41-6)36(5)30(40)43-31(2,3)4/h7-11,14-16,25H,12-13,17-18H2,1-6H3. The third-order valence-corrected chi connectivity index (χ3v) is 8.18. The van der Waals surface area contributed by atoms with Crippen molar-refractivity contribution in [2.24, 2.45) is 0 Å². The number of thiophene rings is 1. The minimum atomic E-state index is -4.50. The number of aryl methyl sites for hydroxylation is 1. The van der Waals surface area contributed by atoms with Crippen LogP contribution in [0.1, 0.15) is 48.1 Å². The molecule has 1 aliphatic heterocycles. The molecule has 2 amide bonds. The summed E-state index contributed by atoms with van der Waals surface area (Å²) < 4.78 is 57.5. The summed E-state index contributed by atoms with van der Waals surface area (Å²) in [7, 11) is 2.56. The molecular formula is C32H35F3N2O6S. The maximum Gasteiger partial charge on any atom is 0.426 e. The molecule has 44 heavy (non-hydrogen) atoms. The van der Waals surface area contributed by atoms with Crippen molar-refractivity contribution in [1.29, 1.82) is 0 Å². The van der Waals surface area contributed by atoms with Crippen LogP contribution in [0.3, 0.4) is 0 Å². The summed E-state index contributed by atoms with van der Waals surface area (Å²) in [5, 5.41) is 0. The number of anilines is 1. The first-order valence-electron chi connectivity index (χ1n) is 13.9. The Balaban J connectivity index is 1.50. The summed E-state index contributed by atoms with van der Waals surface area (Å²) in [5.41, 5.74) is 2.03. The van der Waals surface area contributed by atoms with Gasteiger partial charge in [-0.15, -0.1) is 11.3 Å². The van der Waals surface area contributed by atoms with Crippen LogP contribution in [0.2, 0.25) is 0 Å². The number of nitrogens with zero attached hydrogens (tertiary/aromatic N) is 2. The number of halogens is 3. The van der Waals surface area contributed by atoms with Gasteiger partial charge in [0.05, 0.1) is 19.2 Å². The topological polar surface area (TPSA) is 85.4 Å². The minimum absolute atomic E-state index is 0.0563. The van der Waals surface area contributed by atoms with Gasteiger partial charge in [0, 0.05) is 24.0 Å². The summed E-state index contributed by atoms with van der Waals surface area (Å²) >= 11 is 0.654. The zero-order valence-corrected chi connectivity index (χ0v) is 26.2. The molecule has 0 fully saturated rings. The van der Waals surface area contributed by atoms with Gasteiger partial charge in [-0.2, -0.15) is 13.2 Å². The van der Waals surface area contributed by atoms with Gasteiger partial charge in [-0.25, -0.2) is 9.59 Å². The second-order valence-corrected chi connectivity index (χ2v) is 12.6. The van der Waals surface area contributed by atoms with E-state index in [4.69, 9.17) is 14.2 Å². The van der Waals surface area contributed by atoms with Crippen molar-refractivity contribution >= 4 is 35.0 Å². The lowest BCUT2D eigenvalue weighted by molar-refractivity contribution is -0.148. The molecule has 1 unspecified atom stereocenters. The Bertz CT molecular complexity index is 1530. The molecule has 8 nitrogen and oxygen atoms in total. The smallest absolute Gasteiger partial charge is 0.426 e. The number of methoxy groups -OCH3 is 1. The lowest BCUT2D eigenvalue weighted by Gasteiger charge is -2.30. The van der Waals surface area contributed by atoms with Crippen molar-refractivity contribution in [2.45, 2.75) is 65.0 Å². The van der Waals surface area contributed by atoms with Gasteiger partial charge in [-0.3, -0.25) is 9.69 Å². The Kier molecular flexibility index (Phi) is 9.62. The van der Waals surface area contributed by atoms with Crippen molar-refractivity contribution in [2.75, 3.05) is 25.6 Å². The zero-order chi connectivity index (χ0) is 32.4. The number of rotatable bonds is 8. The van der Waals surface area contributed by atoms with E-state index in [-0.39, 0.29) is 24.5 Å². The second-order valence-electron chi connectivity index (χ2n) is 11.5. The molecule has 12 heteroatoms. The van der Waals surface area contributed by atoms with E-state index in [1.807, 2.05) is 6.92 Å². The predicted molar refractivity (Wildman–Crippen MR) is 161 cm³/mol. The third kappa shape index (κ3) is 7.53. The van der Waals surface area contributed by atoms with E-state index in [0.717, 1.165) is 16.0 Å². The van der Waals surface area contributed by atoms with Crippen LogP contribution in [-0.4, -0.2) is 55.2 Å². The van der Waals surface area contributed by atoms with Crippen molar-refractivity contribution in [3.63, 3.8) is 0 Å². The molecule has 0 spiro atoms. The van der Waals surface area contributed by atoms with Gasteiger partial charge >= 0.3 is 18.2 Å². The molecule has 1 aliphatic rings. The summed E-state index contributed by atoms with van der Waals surface area (Å²) in [4.78, 5) is 41.0. The lowest BCUT2D eigenvalue weighted by Crippen LogP contribution is -2.48. The second kappa shape index (κ2) is 12.9. The first-order valence-corrected chi connectivity index (χ1v) is 14.8. The molecule has 236 valence electrons. The largest absolute Gasteiger partial charge is 0.488 e. The Morgan fingerprint density at radius 1 is 1.07 bits per heavy atom. The van der Waals surface area contributed by atoms with E-state index < -0.39 is 34.8 Å². The highest BCUT2D eigenvalue weighted by Crippen LogP contribution is 2.43. The van der Waals surface area contributed by atoms with Crippen LogP contribution >= 0.6 is 11.3 Å². The van der Waals surface area contributed by atoms with E-state index in [2.05, 4.69) is 0 Å². The van der Waals surface area contributed by atoms with Gasteiger partial charge in [0.15, 0.2) is 0 Å². The summed E-state index contributed by atoms with van der Waals surface area (Å²) in [6.45, 7) is 7.19. The molecule has 0 N–H and O–H groups in total. The van der Waals surface area contributed by atoms with Crippen LogP contribution in [0.15, 0.2) is 48.5 Å². The summed E-state index contributed by atoms with van der Waals surface area (Å²) in [5.74, 6) is -0.654. The predicted octanol–water partition coefficient (Wildman–Crippen LogP) is 7.01. The average molecular weight is 633 g/mol. The highest BCUT2D eigenvalue weighted by Gasteiger charge is 2.37. The van der Waals surface area contributed by atoms with Gasteiger partial charge in [0.1, 0.15) is 28.9 Å². The molecule has 0 saturated carbocycles. The van der Waals surface area contributed by atoms with E-state index >= 15 is 0 Å². The monoisotopic (exact) mass is 632 g/mol. The van der Waals surface area contributed by atoms with Crippen LogP contribution in [0.4, 0.5) is 23.7 Å². The highest BCUT2D eigenvalue weighted by atomic mass is 32.1. The SMILES string of the molecule is COC(=O)C(CC(=O)N1CCc2cc(OCc3cc(-c4ccccc4)c(C(F)(F)F)s3)cc(C)c21)N(C)C(=O)OC(C)(C)C. The molecule has 0 aliphatic carbocycles. The van der Waals surface area contributed by atoms with Crippen LogP contribution in [-0.2, 0) is 38.3 Å². The number of hydrogen-bond acceptors (Lipinski definition) is 7. The summed E-state index contributed by atoms with van der Waals surface area (Å²) in [6.07, 6.45) is -5.06. The van der Waals surface area contributed by atoms with Crippen LogP contribution in [0.5, 0.6) is 5.75 Å². The number of alkyl halides is 3. The van der Waals surface area contributed by atoms with Crippen molar-refractivity contribution in [1.82, 2.24) is 4.90 Å². The third-order valence-electron chi connectivity index (χ3n) is 7.03. The van der Waals surface area contributed by atoms with Gasteiger partial charge in [-0.05, 0) is 69.0 Å². The molecule has 0 bridgehead atoms. The number of fused-ring (bicyclic) bond motifs is 1. The molecule has 1 aromatic heterocycles. The number of amides is 2. The number of likely N-dealkylation sites (N-methyl/N-ethyl adjacent to an activating group) is 1. The zero-order valence-electron chi connectivity index (χ0n) is 25.4. The molecule has 0 radical (unpaired) electrons. The van der Waals surface area contributed by atoms with E-state index in [0.29, 0.717) is 46.2 Å². The molecule has 4 rings (SSSR count). The molecule has 3 aromatic rings. The molecule has 2 heterocycles. The Labute approximate surface area is 258 Å². The van der Waals surface area contributed by atoms with Crippen molar-refractivity contribution < 1.29 is 41.8 Å². The fraction of sp³-hybridized carbons (Fsp3) is 0.406. The molecular weight excluding hydrogens is 597 g/mol. The van der Waals surface area contributed by atoms with E-state index in [1.165, 1.54) is 20.2 Å². The number of hydrogen-bond donors (Lipinski definition) is 0. The van der Waals surface area contributed by atoms with Gasteiger partial charge in [0.25, 0.3) is 0 Å². The van der Waals surface area contributed by atoms with Crippen molar-refractivity contribution in [3.05, 3.63) is 69.4 Å². The lowest BCUT2D eigenvalue weighted by atomic mass is 10.1. The van der Waals surface area contributed by atoms with Gasteiger partial charge in [-0.1, -0.05) is 30.3 Å². The van der Waals surface area contributed by atoms with E-state index in [1.54, 1.807) is 68.1 Å². The maximum atomic E-state index is 13.8. The first kappa shape index (κ1) is 32.8. The maximum absolute atomic E-state index is 13.8. The summed E-state index contributed by atoms with van der Waals surface area (Å²) in [6, 6.07) is 12.2. The Morgan fingerprint density at radius 2 is 1.75 bits per heavy atom. The Hall–Kier alpha value is -4.06. The fourth-order valence-electron chi connectivity index (χ4n) is 5.03. The Morgan fingerprint density at radius 3 is 2.36 bits per heavy atom. The fourth-order valence-corrected chi connectivity index (χ4v) is 5.99. The number of esters is 1. The average Bonchev–Trinajstić information content (AvgIpc) is 3.59. The minimum Gasteiger partial charge on any atom is -0.488 e. The van der Waals surface area contributed by atoms with Crippen LogP contribution in [0.25, 0.3) is 11.1 Å². The quantitative estimate of drug-likeness (QED) is 0.249. The molecule has 1 atom stereocenters. The normalized spacial score (nSPS) is 13.7. The van der Waals surface area contributed by atoms with Gasteiger partial charge in [0.2, 0.25) is 5.91 Å². The number of ether oxygens (including phenoxy) is 3. The van der Waals surface area contributed by atoms with E-state index in [9.17, 15) is 27.6 Å². The number of benzene rings is 2. The van der Waals surface area contributed by atoms with Crippen molar-refractivity contribution in [3.8, 4) is 16.9 Å². The first-order chi connectivity index (χ1) is 20.6. The highest BCUT2D eigenvalue weighted by molar-refractivity contribution is 7.12. The molecule has 0 saturated heterocycles. The van der Waals surface area contributed by atoms with Gasteiger partial charge < -0.3 is 19.1 Å². The van der Waals surface area contributed by atoms with Crippen LogP contribution in [0, 0.1) is 6.92 Å². The number of carbonyl (C=O) groups excluding carboxylic acids is 3. The number of carbonyl (C=O) groups is 3.